The maximum atomic E-state index is 11.7. The van der Waals surface area contributed by atoms with Crippen LogP contribution in [0.15, 0.2) is 54.6 Å². The number of hydrogen-bond acceptors (Lipinski definition) is 4. The van der Waals surface area contributed by atoms with Crippen LogP contribution in [0, 0.1) is 0 Å². The smallest absolute Gasteiger partial charge is 0.330 e. The molecule has 0 spiro atoms. The van der Waals surface area contributed by atoms with Crippen LogP contribution in [0.4, 0.5) is 0 Å². The summed E-state index contributed by atoms with van der Waals surface area (Å²) >= 11 is 5.80. The van der Waals surface area contributed by atoms with Crippen LogP contribution >= 0.6 is 11.6 Å². The molecule has 0 saturated carbocycles. The van der Waals surface area contributed by atoms with Gasteiger partial charge >= 0.3 is 5.97 Å². The molecule has 4 nitrogen and oxygen atoms in total. The van der Waals surface area contributed by atoms with Crippen molar-refractivity contribution < 1.29 is 19.0 Å². The van der Waals surface area contributed by atoms with E-state index >= 15 is 0 Å². The minimum Gasteiger partial charge on any atom is -0.486 e. The van der Waals surface area contributed by atoms with Gasteiger partial charge in [-0.25, -0.2) is 4.79 Å². The van der Waals surface area contributed by atoms with E-state index in [1.807, 2.05) is 36.4 Å². The Morgan fingerprint density at radius 1 is 1.17 bits per heavy atom. The van der Waals surface area contributed by atoms with Crippen LogP contribution in [0.5, 0.6) is 11.5 Å². The number of para-hydroxylation sites is 2. The molecule has 1 aliphatic heterocycles. The second kappa shape index (κ2) is 7.20. The maximum absolute atomic E-state index is 11.7. The van der Waals surface area contributed by atoms with E-state index in [9.17, 15) is 4.79 Å². The molecule has 0 aromatic heterocycles. The summed E-state index contributed by atoms with van der Waals surface area (Å²) in [6, 6.07) is 14.6. The van der Waals surface area contributed by atoms with Crippen LogP contribution in [-0.4, -0.2) is 25.3 Å². The summed E-state index contributed by atoms with van der Waals surface area (Å²) in [6.45, 7) is 0.489. The van der Waals surface area contributed by atoms with Crippen LogP contribution in [-0.2, 0) is 9.53 Å². The zero-order valence-corrected chi connectivity index (χ0v) is 13.0. The summed E-state index contributed by atoms with van der Waals surface area (Å²) in [5, 5.41) is 0.652. The van der Waals surface area contributed by atoms with Gasteiger partial charge in [0.25, 0.3) is 0 Å². The molecule has 0 bridgehead atoms. The van der Waals surface area contributed by atoms with Gasteiger partial charge in [0, 0.05) is 11.1 Å². The minimum absolute atomic E-state index is 0.137. The minimum atomic E-state index is -0.428. The van der Waals surface area contributed by atoms with Crippen molar-refractivity contribution in [3.8, 4) is 11.5 Å². The number of ether oxygens (including phenoxy) is 3. The maximum Gasteiger partial charge on any atom is 0.330 e. The Balaban J connectivity index is 1.49. The lowest BCUT2D eigenvalue weighted by Crippen LogP contribution is -2.34. The molecule has 0 radical (unpaired) electrons. The van der Waals surface area contributed by atoms with Gasteiger partial charge in [-0.2, -0.15) is 0 Å². The molecule has 23 heavy (non-hydrogen) atoms. The molecule has 0 fully saturated rings. The first-order chi connectivity index (χ1) is 11.2. The van der Waals surface area contributed by atoms with Gasteiger partial charge in [-0.15, -0.1) is 0 Å². The molecule has 2 aromatic carbocycles. The van der Waals surface area contributed by atoms with Gasteiger partial charge in [0.05, 0.1) is 0 Å². The Morgan fingerprint density at radius 2 is 1.91 bits per heavy atom. The molecular formula is C18H15ClO4. The van der Waals surface area contributed by atoms with E-state index in [0.717, 1.165) is 5.56 Å². The fourth-order valence-electron chi connectivity index (χ4n) is 2.11. The van der Waals surface area contributed by atoms with E-state index in [-0.39, 0.29) is 12.7 Å². The number of esters is 1. The standard InChI is InChI=1S/C18H15ClO4/c19-14-8-5-13(6-9-14)7-10-18(20)22-12-15-11-21-16-3-1-2-4-17(16)23-15/h1-10,15H,11-12H2/b10-7+. The Labute approximate surface area is 139 Å². The first kappa shape index (κ1) is 15.4. The molecule has 0 aliphatic carbocycles. The van der Waals surface area contributed by atoms with Gasteiger partial charge in [-0.1, -0.05) is 35.9 Å². The van der Waals surface area contributed by atoms with Crippen LogP contribution in [0.1, 0.15) is 5.56 Å². The van der Waals surface area contributed by atoms with Crippen molar-refractivity contribution in [2.24, 2.45) is 0 Å². The zero-order chi connectivity index (χ0) is 16.1. The van der Waals surface area contributed by atoms with Crippen LogP contribution in [0.3, 0.4) is 0 Å². The van der Waals surface area contributed by atoms with E-state index in [2.05, 4.69) is 0 Å². The summed E-state index contributed by atoms with van der Waals surface area (Å²) in [7, 11) is 0. The van der Waals surface area contributed by atoms with E-state index < -0.39 is 5.97 Å². The van der Waals surface area contributed by atoms with Gasteiger partial charge in [-0.05, 0) is 35.9 Å². The van der Waals surface area contributed by atoms with E-state index in [1.165, 1.54) is 6.08 Å². The number of rotatable bonds is 4. The summed E-state index contributed by atoms with van der Waals surface area (Å²) in [6.07, 6.45) is 2.74. The number of hydrogen-bond donors (Lipinski definition) is 0. The average Bonchev–Trinajstić information content (AvgIpc) is 2.59. The van der Waals surface area contributed by atoms with Gasteiger partial charge < -0.3 is 14.2 Å². The average molecular weight is 331 g/mol. The lowest BCUT2D eigenvalue weighted by molar-refractivity contribution is -0.140. The summed E-state index contributed by atoms with van der Waals surface area (Å²) < 4.78 is 16.5. The quantitative estimate of drug-likeness (QED) is 0.633. The molecule has 1 atom stereocenters. The third kappa shape index (κ3) is 4.27. The largest absolute Gasteiger partial charge is 0.486 e. The first-order valence-electron chi connectivity index (χ1n) is 7.19. The predicted molar refractivity (Wildman–Crippen MR) is 87.8 cm³/mol. The first-order valence-corrected chi connectivity index (χ1v) is 7.57. The lowest BCUT2D eigenvalue weighted by atomic mass is 10.2. The topological polar surface area (TPSA) is 44.8 Å². The zero-order valence-electron chi connectivity index (χ0n) is 12.3. The van der Waals surface area contributed by atoms with Gasteiger partial charge in [0.15, 0.2) is 17.6 Å². The Bertz CT molecular complexity index is 709. The number of carbonyl (C=O) groups excluding carboxylic acids is 1. The summed E-state index contributed by atoms with van der Waals surface area (Å²) in [4.78, 5) is 11.7. The molecule has 2 aromatic rings. The third-order valence-corrected chi connectivity index (χ3v) is 3.51. The third-order valence-electron chi connectivity index (χ3n) is 3.26. The lowest BCUT2D eigenvalue weighted by Gasteiger charge is -2.25. The van der Waals surface area contributed by atoms with Crippen LogP contribution in [0.2, 0.25) is 5.02 Å². The fourth-order valence-corrected chi connectivity index (χ4v) is 2.23. The Hall–Kier alpha value is -2.46. The van der Waals surface area contributed by atoms with Crippen molar-refractivity contribution in [3.63, 3.8) is 0 Å². The molecule has 1 unspecified atom stereocenters. The molecule has 5 heteroatoms. The van der Waals surface area contributed by atoms with Crippen molar-refractivity contribution >= 4 is 23.6 Å². The summed E-state index contributed by atoms with van der Waals surface area (Å²) in [5.41, 5.74) is 0.873. The Morgan fingerprint density at radius 3 is 2.70 bits per heavy atom. The van der Waals surface area contributed by atoms with E-state index in [1.54, 1.807) is 18.2 Å². The van der Waals surface area contributed by atoms with Crippen molar-refractivity contribution in [2.75, 3.05) is 13.2 Å². The SMILES string of the molecule is O=C(/C=C/c1ccc(Cl)cc1)OCC1COc2ccccc2O1. The molecular weight excluding hydrogens is 316 g/mol. The second-order valence-corrected chi connectivity index (χ2v) is 5.45. The predicted octanol–water partition coefficient (Wildman–Crippen LogP) is 3.74. The van der Waals surface area contributed by atoms with Crippen LogP contribution in [0.25, 0.3) is 6.08 Å². The van der Waals surface area contributed by atoms with Crippen molar-refractivity contribution in [2.45, 2.75) is 6.10 Å². The van der Waals surface area contributed by atoms with Crippen LogP contribution < -0.4 is 9.47 Å². The molecule has 0 saturated heterocycles. The highest BCUT2D eigenvalue weighted by molar-refractivity contribution is 6.30. The van der Waals surface area contributed by atoms with E-state index in [4.69, 9.17) is 25.8 Å². The fraction of sp³-hybridized carbons (Fsp3) is 0.167. The monoisotopic (exact) mass is 330 g/mol. The molecule has 1 heterocycles. The van der Waals surface area contributed by atoms with Crippen molar-refractivity contribution in [1.29, 1.82) is 0 Å². The normalized spacial score (nSPS) is 16.3. The summed E-state index contributed by atoms with van der Waals surface area (Å²) in [5.74, 6) is 0.941. The number of halogens is 1. The molecule has 0 N–H and O–H groups in total. The molecule has 1 aliphatic rings. The molecule has 3 rings (SSSR count). The van der Waals surface area contributed by atoms with Gasteiger partial charge in [0.1, 0.15) is 13.2 Å². The number of fused-ring (bicyclic) bond motifs is 1. The second-order valence-electron chi connectivity index (χ2n) is 5.01. The van der Waals surface area contributed by atoms with Gasteiger partial charge in [-0.3, -0.25) is 0 Å². The number of benzene rings is 2. The highest BCUT2D eigenvalue weighted by Gasteiger charge is 2.21. The van der Waals surface area contributed by atoms with Crippen molar-refractivity contribution in [1.82, 2.24) is 0 Å². The van der Waals surface area contributed by atoms with E-state index in [0.29, 0.717) is 23.1 Å². The molecule has 118 valence electrons. The highest BCUT2D eigenvalue weighted by atomic mass is 35.5. The van der Waals surface area contributed by atoms with Crippen molar-refractivity contribution in [3.05, 3.63) is 65.2 Å². The molecule has 0 amide bonds. The number of carbonyl (C=O) groups is 1. The Kier molecular flexibility index (Phi) is 4.83. The van der Waals surface area contributed by atoms with Gasteiger partial charge in [0.2, 0.25) is 0 Å². The highest BCUT2D eigenvalue weighted by Crippen LogP contribution is 2.30.